The highest BCUT2D eigenvalue weighted by molar-refractivity contribution is 7.93. The Labute approximate surface area is 118 Å². The van der Waals surface area contributed by atoms with Crippen molar-refractivity contribution in [2.75, 3.05) is 0 Å². The maximum absolute atomic E-state index is 12.1. The summed E-state index contributed by atoms with van der Waals surface area (Å²) in [6, 6.07) is 19.6. The van der Waals surface area contributed by atoms with E-state index in [4.69, 9.17) is 5.26 Å². The van der Waals surface area contributed by atoms with E-state index in [9.17, 15) is 8.42 Å². The van der Waals surface area contributed by atoms with Gasteiger partial charge in [-0.3, -0.25) is 0 Å². The van der Waals surface area contributed by atoms with Crippen LogP contribution in [0.3, 0.4) is 0 Å². The predicted molar refractivity (Wildman–Crippen MR) is 79.1 cm³/mol. The number of rotatable bonds is 4. The highest BCUT2D eigenvalue weighted by atomic mass is 32.2. The summed E-state index contributed by atoms with van der Waals surface area (Å²) in [5.74, 6) is -0.105. The van der Waals surface area contributed by atoms with Gasteiger partial charge >= 0.3 is 0 Å². The molecule has 0 saturated heterocycles. The molecule has 0 aliphatic rings. The normalized spacial score (nSPS) is 11.8. The van der Waals surface area contributed by atoms with Gasteiger partial charge in [0.15, 0.2) is 9.84 Å². The van der Waals surface area contributed by atoms with Gasteiger partial charge in [-0.15, -0.1) is 0 Å². The maximum Gasteiger partial charge on any atom is 0.177 e. The second kappa shape index (κ2) is 6.18. The molecule has 2 rings (SSSR count). The molecular formula is C16H13NO2S. The fourth-order valence-electron chi connectivity index (χ4n) is 1.80. The monoisotopic (exact) mass is 283 g/mol. The fraction of sp³-hybridized carbons (Fsp3) is 0.0625. The number of nitriles is 1. The van der Waals surface area contributed by atoms with E-state index in [0.29, 0.717) is 11.1 Å². The second-order valence-electron chi connectivity index (χ2n) is 4.30. The second-order valence-corrected chi connectivity index (χ2v) is 6.15. The molecule has 0 spiro atoms. The van der Waals surface area contributed by atoms with Crippen molar-refractivity contribution in [2.45, 2.75) is 5.75 Å². The summed E-state index contributed by atoms with van der Waals surface area (Å²) < 4.78 is 24.2. The Morgan fingerprint density at radius 2 is 1.55 bits per heavy atom. The van der Waals surface area contributed by atoms with Crippen LogP contribution in [0.5, 0.6) is 0 Å². The molecule has 0 amide bonds. The molecule has 0 bridgehead atoms. The Hall–Kier alpha value is -2.38. The number of allylic oxidation sites excluding steroid dienone is 1. The summed E-state index contributed by atoms with van der Waals surface area (Å²) >= 11 is 0. The number of benzene rings is 2. The van der Waals surface area contributed by atoms with Gasteiger partial charge in [0, 0.05) is 5.41 Å². The van der Waals surface area contributed by atoms with Gasteiger partial charge in [-0.2, -0.15) is 5.26 Å². The van der Waals surface area contributed by atoms with Crippen LogP contribution in [0.15, 0.2) is 66.1 Å². The third-order valence-corrected chi connectivity index (χ3v) is 4.04. The molecule has 20 heavy (non-hydrogen) atoms. The van der Waals surface area contributed by atoms with Gasteiger partial charge in [0.05, 0.1) is 11.3 Å². The van der Waals surface area contributed by atoms with E-state index in [-0.39, 0.29) is 11.3 Å². The Morgan fingerprint density at radius 1 is 1.00 bits per heavy atom. The van der Waals surface area contributed by atoms with Crippen LogP contribution < -0.4 is 0 Å². The van der Waals surface area contributed by atoms with Crippen LogP contribution in [-0.4, -0.2) is 8.42 Å². The summed E-state index contributed by atoms with van der Waals surface area (Å²) in [6.07, 6.45) is 0. The van der Waals surface area contributed by atoms with Crippen molar-refractivity contribution in [3.05, 3.63) is 77.2 Å². The molecule has 0 aliphatic heterocycles. The smallest absolute Gasteiger partial charge is 0.177 e. The first-order valence-corrected chi connectivity index (χ1v) is 7.76. The third-order valence-electron chi connectivity index (χ3n) is 2.71. The Balaban J connectivity index is 2.30. The molecule has 0 aromatic heterocycles. The van der Waals surface area contributed by atoms with Crippen LogP contribution in [0.2, 0.25) is 0 Å². The first-order valence-electron chi connectivity index (χ1n) is 6.04. The van der Waals surface area contributed by atoms with Gasteiger partial charge in [0.1, 0.15) is 6.07 Å². The lowest BCUT2D eigenvalue weighted by Gasteiger charge is -2.02. The van der Waals surface area contributed by atoms with Crippen molar-refractivity contribution < 1.29 is 8.42 Å². The molecule has 0 atom stereocenters. The van der Waals surface area contributed by atoms with Crippen LogP contribution in [0, 0.1) is 11.3 Å². The lowest BCUT2D eigenvalue weighted by Crippen LogP contribution is -2.01. The molecule has 2 aromatic rings. The zero-order valence-electron chi connectivity index (χ0n) is 10.7. The quantitative estimate of drug-likeness (QED) is 0.810. The Kier molecular flexibility index (Phi) is 4.34. The standard InChI is InChI=1S/C16H13NO2S/c17-11-16(15-9-5-2-6-10-15)13-20(18,19)12-14-7-3-1-4-8-14/h1-10,13H,12H2. The van der Waals surface area contributed by atoms with E-state index >= 15 is 0 Å². The van der Waals surface area contributed by atoms with Crippen LogP contribution in [0.1, 0.15) is 11.1 Å². The van der Waals surface area contributed by atoms with E-state index in [1.165, 1.54) is 0 Å². The molecule has 0 radical (unpaired) electrons. The predicted octanol–water partition coefficient (Wildman–Crippen LogP) is 3.17. The molecule has 3 nitrogen and oxygen atoms in total. The Bertz CT molecular complexity index is 742. The zero-order chi connectivity index (χ0) is 14.4. The van der Waals surface area contributed by atoms with Crippen LogP contribution in [-0.2, 0) is 15.6 Å². The fourth-order valence-corrected chi connectivity index (χ4v) is 3.09. The minimum absolute atomic E-state index is 0.105. The third kappa shape index (κ3) is 3.81. The number of hydrogen-bond acceptors (Lipinski definition) is 3. The van der Waals surface area contributed by atoms with Gasteiger partial charge < -0.3 is 0 Å². The van der Waals surface area contributed by atoms with Gasteiger partial charge in [-0.25, -0.2) is 8.42 Å². The SMILES string of the molecule is N#CC(=CS(=O)(=O)Cc1ccccc1)c1ccccc1. The largest absolute Gasteiger partial charge is 0.224 e. The van der Waals surface area contributed by atoms with Crippen molar-refractivity contribution in [1.82, 2.24) is 0 Å². The first-order chi connectivity index (χ1) is 9.61. The lowest BCUT2D eigenvalue weighted by molar-refractivity contribution is 0.604. The minimum atomic E-state index is -3.48. The molecule has 0 aliphatic carbocycles. The maximum atomic E-state index is 12.1. The van der Waals surface area contributed by atoms with E-state index in [0.717, 1.165) is 5.41 Å². The van der Waals surface area contributed by atoms with Crippen LogP contribution >= 0.6 is 0 Å². The van der Waals surface area contributed by atoms with E-state index in [1.807, 2.05) is 18.2 Å². The van der Waals surface area contributed by atoms with Gasteiger partial charge in [0.2, 0.25) is 0 Å². The first kappa shape index (κ1) is 14.0. The summed E-state index contributed by atoms with van der Waals surface area (Å²) in [5.41, 5.74) is 1.46. The van der Waals surface area contributed by atoms with Crippen molar-refractivity contribution in [2.24, 2.45) is 0 Å². The van der Waals surface area contributed by atoms with Gasteiger partial charge in [-0.1, -0.05) is 60.7 Å². The van der Waals surface area contributed by atoms with E-state index in [1.54, 1.807) is 48.5 Å². The summed E-state index contributed by atoms with van der Waals surface area (Å²) in [5, 5.41) is 10.2. The topological polar surface area (TPSA) is 57.9 Å². The van der Waals surface area contributed by atoms with Crippen molar-refractivity contribution in [1.29, 1.82) is 5.26 Å². The van der Waals surface area contributed by atoms with Gasteiger partial charge in [-0.05, 0) is 11.1 Å². The Morgan fingerprint density at radius 3 is 2.10 bits per heavy atom. The molecule has 4 heteroatoms. The number of sulfone groups is 1. The molecule has 0 heterocycles. The van der Waals surface area contributed by atoms with Crippen molar-refractivity contribution in [3.8, 4) is 6.07 Å². The van der Waals surface area contributed by atoms with E-state index < -0.39 is 9.84 Å². The lowest BCUT2D eigenvalue weighted by atomic mass is 10.1. The van der Waals surface area contributed by atoms with Crippen molar-refractivity contribution >= 4 is 15.4 Å². The van der Waals surface area contributed by atoms with E-state index in [2.05, 4.69) is 0 Å². The minimum Gasteiger partial charge on any atom is -0.224 e. The van der Waals surface area contributed by atoms with Gasteiger partial charge in [0.25, 0.3) is 0 Å². The number of hydrogen-bond donors (Lipinski definition) is 0. The van der Waals surface area contributed by atoms with Crippen LogP contribution in [0.25, 0.3) is 5.57 Å². The van der Waals surface area contributed by atoms with Crippen molar-refractivity contribution in [3.63, 3.8) is 0 Å². The molecule has 0 unspecified atom stereocenters. The average Bonchev–Trinajstić information content (AvgIpc) is 2.46. The highest BCUT2D eigenvalue weighted by Gasteiger charge is 2.11. The molecule has 0 N–H and O–H groups in total. The molecule has 0 saturated carbocycles. The average molecular weight is 283 g/mol. The summed E-state index contributed by atoms with van der Waals surface area (Å²) in [7, 11) is -3.48. The molecule has 2 aromatic carbocycles. The highest BCUT2D eigenvalue weighted by Crippen LogP contribution is 2.17. The summed E-state index contributed by atoms with van der Waals surface area (Å²) in [4.78, 5) is 0. The van der Waals surface area contributed by atoms with Crippen LogP contribution in [0.4, 0.5) is 0 Å². The molecule has 100 valence electrons. The molecular weight excluding hydrogens is 270 g/mol. The number of nitrogens with zero attached hydrogens (tertiary/aromatic N) is 1. The zero-order valence-corrected chi connectivity index (χ0v) is 11.5. The summed E-state index contributed by atoms with van der Waals surface area (Å²) in [6.45, 7) is 0. The molecule has 0 fully saturated rings.